The van der Waals surface area contributed by atoms with Gasteiger partial charge >= 0.3 is 0 Å². The van der Waals surface area contributed by atoms with Gasteiger partial charge in [0.2, 0.25) is 5.91 Å². The van der Waals surface area contributed by atoms with Crippen molar-refractivity contribution < 1.29 is 14.7 Å². The summed E-state index contributed by atoms with van der Waals surface area (Å²) >= 11 is 3.29. The first kappa shape index (κ1) is 17.8. The number of thioether (sulfide) groups is 1. The number of hydrogen-bond acceptors (Lipinski definition) is 5. The first-order valence-electron chi connectivity index (χ1n) is 8.52. The molecule has 0 aliphatic carbocycles. The summed E-state index contributed by atoms with van der Waals surface area (Å²) in [5.74, 6) is 1.16. The number of aliphatic hydroxyl groups is 1. The number of aliphatic hydroxyl groups excluding tert-OH is 1. The Bertz CT molecular complexity index is 617. The second kappa shape index (κ2) is 7.45. The van der Waals surface area contributed by atoms with E-state index in [0.29, 0.717) is 19.6 Å². The van der Waals surface area contributed by atoms with Gasteiger partial charge in [0.25, 0.3) is 5.91 Å². The van der Waals surface area contributed by atoms with E-state index in [-0.39, 0.29) is 18.4 Å². The maximum Gasteiger partial charge on any atom is 0.263 e. The second-order valence-electron chi connectivity index (χ2n) is 6.43. The smallest absolute Gasteiger partial charge is 0.263 e. The van der Waals surface area contributed by atoms with Crippen molar-refractivity contribution in [3.8, 4) is 0 Å². The standard InChI is InChI=1S/C17H24N2O3S2/c1-2-23-14-5-4-13(24-14)15(21)19-9-7-17(12-19)6-3-8-18(10-11-20)16(17)22/h4-5,20H,2-3,6-12H2,1H3/t17-/m0/s1. The van der Waals surface area contributed by atoms with Gasteiger partial charge < -0.3 is 14.9 Å². The van der Waals surface area contributed by atoms with Gasteiger partial charge in [-0.05, 0) is 37.1 Å². The predicted octanol–water partition coefficient (Wildman–Crippen LogP) is 2.31. The molecule has 2 aliphatic rings. The summed E-state index contributed by atoms with van der Waals surface area (Å²) in [7, 11) is 0. The molecule has 5 nitrogen and oxygen atoms in total. The zero-order chi connectivity index (χ0) is 17.2. The van der Waals surface area contributed by atoms with Crippen LogP contribution in [0.5, 0.6) is 0 Å². The molecule has 0 saturated carbocycles. The minimum absolute atomic E-state index is 0.00245. The van der Waals surface area contributed by atoms with Crippen molar-refractivity contribution in [2.45, 2.75) is 30.4 Å². The number of carbonyl (C=O) groups is 2. The molecule has 2 amide bonds. The number of rotatable bonds is 5. The van der Waals surface area contributed by atoms with Crippen molar-refractivity contribution >= 4 is 34.9 Å². The summed E-state index contributed by atoms with van der Waals surface area (Å²) in [5.41, 5.74) is -0.429. The Morgan fingerprint density at radius 2 is 2.21 bits per heavy atom. The van der Waals surface area contributed by atoms with Crippen LogP contribution in [0, 0.1) is 5.41 Å². The number of thiophene rings is 1. The van der Waals surface area contributed by atoms with Crippen LogP contribution < -0.4 is 0 Å². The van der Waals surface area contributed by atoms with E-state index in [1.165, 1.54) is 0 Å². The molecule has 1 spiro atoms. The fourth-order valence-electron chi connectivity index (χ4n) is 3.72. The molecule has 132 valence electrons. The Hall–Kier alpha value is -1.05. The molecular formula is C17H24N2O3S2. The van der Waals surface area contributed by atoms with E-state index < -0.39 is 5.41 Å². The first-order chi connectivity index (χ1) is 11.6. The third-order valence-corrected chi connectivity index (χ3v) is 7.09. The van der Waals surface area contributed by atoms with E-state index in [4.69, 9.17) is 5.11 Å². The summed E-state index contributed by atoms with van der Waals surface area (Å²) in [6.07, 6.45) is 2.53. The third kappa shape index (κ3) is 3.34. The minimum Gasteiger partial charge on any atom is -0.395 e. The number of likely N-dealkylation sites (tertiary alicyclic amines) is 2. The van der Waals surface area contributed by atoms with Crippen molar-refractivity contribution in [2.75, 3.05) is 38.5 Å². The van der Waals surface area contributed by atoms with Crippen LogP contribution in [0.1, 0.15) is 35.9 Å². The number of nitrogens with zero attached hydrogens (tertiary/aromatic N) is 2. The molecular weight excluding hydrogens is 344 g/mol. The highest BCUT2D eigenvalue weighted by Crippen LogP contribution is 2.41. The highest BCUT2D eigenvalue weighted by atomic mass is 32.2. The van der Waals surface area contributed by atoms with Gasteiger partial charge in [0.1, 0.15) is 0 Å². The number of hydrogen-bond donors (Lipinski definition) is 1. The van der Waals surface area contributed by atoms with Gasteiger partial charge in [-0.15, -0.1) is 23.1 Å². The number of amides is 2. The van der Waals surface area contributed by atoms with Crippen LogP contribution in [0.15, 0.2) is 16.3 Å². The van der Waals surface area contributed by atoms with Gasteiger partial charge in [0, 0.05) is 26.2 Å². The fourth-order valence-corrected chi connectivity index (χ4v) is 5.73. The van der Waals surface area contributed by atoms with Crippen LogP contribution in [0.4, 0.5) is 0 Å². The lowest BCUT2D eigenvalue weighted by Gasteiger charge is -2.39. The molecule has 2 aliphatic heterocycles. The summed E-state index contributed by atoms with van der Waals surface area (Å²) in [5, 5.41) is 9.14. The van der Waals surface area contributed by atoms with Gasteiger partial charge in [0.05, 0.1) is 21.1 Å². The molecule has 0 unspecified atom stereocenters. The van der Waals surface area contributed by atoms with Gasteiger partial charge in [-0.1, -0.05) is 6.92 Å². The lowest BCUT2D eigenvalue weighted by molar-refractivity contribution is -0.146. The zero-order valence-corrected chi connectivity index (χ0v) is 15.6. The second-order valence-corrected chi connectivity index (χ2v) is 9.08. The van der Waals surface area contributed by atoms with Crippen molar-refractivity contribution in [3.05, 3.63) is 17.0 Å². The highest BCUT2D eigenvalue weighted by molar-refractivity contribution is 8.01. The average molecular weight is 369 g/mol. The van der Waals surface area contributed by atoms with Gasteiger partial charge in [-0.25, -0.2) is 0 Å². The summed E-state index contributed by atoms with van der Waals surface area (Å²) in [4.78, 5) is 29.9. The fraction of sp³-hybridized carbons (Fsp3) is 0.647. The molecule has 0 bridgehead atoms. The summed E-state index contributed by atoms with van der Waals surface area (Å²) in [6, 6.07) is 3.91. The zero-order valence-electron chi connectivity index (χ0n) is 14.0. The normalized spacial score (nSPS) is 24.2. The van der Waals surface area contributed by atoms with Crippen LogP contribution in [0.3, 0.4) is 0 Å². The Balaban J connectivity index is 1.69. The van der Waals surface area contributed by atoms with Gasteiger partial charge in [-0.2, -0.15) is 0 Å². The molecule has 2 fully saturated rings. The molecule has 1 aromatic rings. The highest BCUT2D eigenvalue weighted by Gasteiger charge is 2.49. The lowest BCUT2D eigenvalue weighted by Crippen LogP contribution is -2.51. The van der Waals surface area contributed by atoms with E-state index in [9.17, 15) is 9.59 Å². The maximum atomic E-state index is 12.8. The van der Waals surface area contributed by atoms with Crippen molar-refractivity contribution in [1.82, 2.24) is 9.80 Å². The van der Waals surface area contributed by atoms with Crippen LogP contribution in [0.2, 0.25) is 0 Å². The van der Waals surface area contributed by atoms with Crippen LogP contribution in [0.25, 0.3) is 0 Å². The Kier molecular flexibility index (Phi) is 5.52. The minimum atomic E-state index is -0.429. The average Bonchev–Trinajstić information content (AvgIpc) is 3.20. The SMILES string of the molecule is CCSc1ccc(C(=O)N2CC[C@@]3(CCCN(CCO)C3=O)C2)s1. The lowest BCUT2D eigenvalue weighted by atomic mass is 9.78. The number of piperidine rings is 1. The largest absolute Gasteiger partial charge is 0.395 e. The van der Waals surface area contributed by atoms with Gasteiger partial charge in [-0.3, -0.25) is 9.59 Å². The molecule has 3 heterocycles. The van der Waals surface area contributed by atoms with Crippen molar-refractivity contribution in [2.24, 2.45) is 5.41 Å². The topological polar surface area (TPSA) is 60.9 Å². The number of β-amino-alcohol motifs (C(OH)–C–C–N with tert-alkyl or cyclic N) is 1. The van der Waals surface area contributed by atoms with E-state index >= 15 is 0 Å². The van der Waals surface area contributed by atoms with E-state index in [1.807, 2.05) is 17.0 Å². The number of carbonyl (C=O) groups excluding carboxylic acids is 2. The van der Waals surface area contributed by atoms with Crippen LogP contribution >= 0.6 is 23.1 Å². The third-order valence-electron chi connectivity index (χ3n) is 4.91. The quantitative estimate of drug-likeness (QED) is 0.810. The Morgan fingerprint density at radius 3 is 2.96 bits per heavy atom. The van der Waals surface area contributed by atoms with Crippen LogP contribution in [-0.2, 0) is 4.79 Å². The molecule has 3 rings (SSSR count). The molecule has 1 N–H and O–H groups in total. The van der Waals surface area contributed by atoms with Crippen molar-refractivity contribution in [1.29, 1.82) is 0 Å². The first-order valence-corrected chi connectivity index (χ1v) is 10.3. The Labute approximate surface area is 151 Å². The van der Waals surface area contributed by atoms with Crippen LogP contribution in [-0.4, -0.2) is 65.3 Å². The van der Waals surface area contributed by atoms with E-state index in [0.717, 1.165) is 40.6 Å². The molecule has 0 aromatic carbocycles. The van der Waals surface area contributed by atoms with E-state index in [2.05, 4.69) is 6.92 Å². The van der Waals surface area contributed by atoms with Crippen molar-refractivity contribution in [3.63, 3.8) is 0 Å². The molecule has 1 aromatic heterocycles. The summed E-state index contributed by atoms with van der Waals surface area (Å²) in [6.45, 7) is 4.38. The Morgan fingerprint density at radius 1 is 1.38 bits per heavy atom. The molecule has 24 heavy (non-hydrogen) atoms. The van der Waals surface area contributed by atoms with Gasteiger partial charge in [0.15, 0.2) is 0 Å². The molecule has 2 saturated heterocycles. The maximum absolute atomic E-state index is 12.8. The molecule has 1 atom stereocenters. The van der Waals surface area contributed by atoms with E-state index in [1.54, 1.807) is 28.0 Å². The summed E-state index contributed by atoms with van der Waals surface area (Å²) < 4.78 is 1.16. The molecule has 7 heteroatoms. The predicted molar refractivity (Wildman–Crippen MR) is 96.6 cm³/mol. The monoisotopic (exact) mass is 368 g/mol. The molecule has 0 radical (unpaired) electrons.